The summed E-state index contributed by atoms with van der Waals surface area (Å²) in [5.74, 6) is -2.62. The molecule has 6 amide bonds. The Morgan fingerprint density at radius 1 is 0.696 bits per heavy atom. The minimum Gasteiger partial charge on any atom is -0.504 e. The largest absolute Gasteiger partial charge is 0.504 e. The summed E-state index contributed by atoms with van der Waals surface area (Å²) in [5, 5.41) is 18.8. The minimum atomic E-state index is -1.20. The number of phenols is 1. The van der Waals surface area contributed by atoms with Gasteiger partial charge < -0.3 is 45.2 Å². The summed E-state index contributed by atoms with van der Waals surface area (Å²) in [6.45, 7) is 4.67. The molecule has 3 aromatic rings. The van der Waals surface area contributed by atoms with Crippen LogP contribution in [-0.2, 0) is 48.0 Å². The first-order valence-electron chi connectivity index (χ1n) is 18.5. The molecule has 0 aromatic heterocycles. The smallest absolute Gasteiger partial charge is 0.246 e. The Kier molecular flexibility index (Phi) is 12.9. The fourth-order valence-electron chi connectivity index (χ4n) is 6.85. The third kappa shape index (κ3) is 9.21. The number of likely N-dealkylation sites (N-methyl/N-ethyl adjacent to an activating group) is 3. The topological polar surface area (TPSA) is 187 Å². The number of nitrogens with zero attached hydrogens (tertiary/aromatic N) is 3. The summed E-state index contributed by atoms with van der Waals surface area (Å²) >= 11 is 0. The first-order chi connectivity index (χ1) is 26.6. The van der Waals surface area contributed by atoms with Crippen molar-refractivity contribution in [2.75, 3.05) is 28.3 Å². The zero-order valence-corrected chi connectivity index (χ0v) is 32.7. The van der Waals surface area contributed by atoms with Crippen molar-refractivity contribution in [2.45, 2.75) is 82.7 Å². The summed E-state index contributed by atoms with van der Waals surface area (Å²) < 4.78 is 11.2. The van der Waals surface area contributed by atoms with Gasteiger partial charge in [0.15, 0.2) is 11.5 Å². The number of nitrogens with one attached hydrogen (secondary N) is 3. The van der Waals surface area contributed by atoms with Gasteiger partial charge in [-0.15, -0.1) is 0 Å². The first kappa shape index (κ1) is 41.1. The lowest BCUT2D eigenvalue weighted by atomic mass is 9.98. The highest BCUT2D eigenvalue weighted by molar-refractivity contribution is 5.98. The second-order valence-corrected chi connectivity index (χ2v) is 14.3. The highest BCUT2D eigenvalue weighted by Gasteiger charge is 2.39. The van der Waals surface area contributed by atoms with E-state index in [9.17, 15) is 33.9 Å². The normalized spacial score (nSPS) is 24.4. The molecule has 3 aliphatic heterocycles. The lowest BCUT2D eigenvalue weighted by Crippen LogP contribution is -2.61. The molecule has 6 bridgehead atoms. The fraction of sp³-hybridized carbons (Fsp3) is 0.415. The molecule has 3 heterocycles. The number of phenolic OH excluding ortho intramolecular Hbond substituents is 1. The van der Waals surface area contributed by atoms with Gasteiger partial charge in [-0.2, -0.15) is 0 Å². The monoisotopic (exact) mass is 770 g/mol. The molecule has 56 heavy (non-hydrogen) atoms. The maximum absolute atomic E-state index is 14.6. The van der Waals surface area contributed by atoms with Crippen molar-refractivity contribution in [1.29, 1.82) is 0 Å². The number of carbonyl (C=O) groups is 6. The number of hydrogen-bond donors (Lipinski definition) is 4. The van der Waals surface area contributed by atoms with Gasteiger partial charge >= 0.3 is 0 Å². The lowest BCUT2D eigenvalue weighted by molar-refractivity contribution is -0.149. The molecule has 0 saturated carbocycles. The Hall–Kier alpha value is -6.12. The van der Waals surface area contributed by atoms with E-state index in [0.29, 0.717) is 28.2 Å². The van der Waals surface area contributed by atoms with E-state index in [0.717, 1.165) is 0 Å². The molecule has 0 spiro atoms. The number of methoxy groups -OCH3 is 1. The molecule has 15 nitrogen and oxygen atoms in total. The summed E-state index contributed by atoms with van der Waals surface area (Å²) in [5.41, 5.74) is 1.90. The Morgan fingerprint density at radius 3 is 1.95 bits per heavy atom. The second-order valence-electron chi connectivity index (χ2n) is 14.3. The number of rotatable bonds is 4. The Bertz CT molecular complexity index is 1950. The molecule has 1 saturated heterocycles. The van der Waals surface area contributed by atoms with E-state index in [1.807, 2.05) is 0 Å². The molecule has 6 rings (SSSR count). The maximum Gasteiger partial charge on any atom is 0.246 e. The van der Waals surface area contributed by atoms with E-state index in [1.54, 1.807) is 67.6 Å². The van der Waals surface area contributed by atoms with Crippen LogP contribution in [0.25, 0.3) is 0 Å². The van der Waals surface area contributed by atoms with Crippen LogP contribution in [0.15, 0.2) is 66.7 Å². The van der Waals surface area contributed by atoms with E-state index in [4.69, 9.17) is 9.47 Å². The van der Waals surface area contributed by atoms with Gasteiger partial charge in [0.25, 0.3) is 0 Å². The fourth-order valence-corrected chi connectivity index (χ4v) is 6.85. The molecule has 15 heteroatoms. The van der Waals surface area contributed by atoms with Crippen molar-refractivity contribution < 1.29 is 43.3 Å². The van der Waals surface area contributed by atoms with Gasteiger partial charge in [-0.25, -0.2) is 0 Å². The summed E-state index contributed by atoms with van der Waals surface area (Å²) in [7, 11) is 5.91. The van der Waals surface area contributed by atoms with Crippen molar-refractivity contribution in [3.8, 4) is 23.0 Å². The van der Waals surface area contributed by atoms with Crippen LogP contribution < -0.4 is 25.4 Å². The first-order valence-corrected chi connectivity index (χ1v) is 18.5. The maximum atomic E-state index is 14.6. The van der Waals surface area contributed by atoms with E-state index >= 15 is 0 Å². The van der Waals surface area contributed by atoms with Crippen molar-refractivity contribution in [3.05, 3.63) is 83.4 Å². The third-order valence-electron chi connectivity index (χ3n) is 10.5. The van der Waals surface area contributed by atoms with Crippen LogP contribution in [0.1, 0.15) is 43.9 Å². The van der Waals surface area contributed by atoms with Crippen molar-refractivity contribution in [2.24, 2.45) is 0 Å². The molecular formula is C41H50N6O9. The molecular weight excluding hydrogens is 720 g/mol. The van der Waals surface area contributed by atoms with E-state index in [-0.39, 0.29) is 37.2 Å². The van der Waals surface area contributed by atoms with Crippen LogP contribution in [-0.4, -0.2) is 120 Å². The number of ether oxygens (including phenoxy) is 2. The van der Waals surface area contributed by atoms with E-state index in [2.05, 4.69) is 16.0 Å². The number of amides is 6. The van der Waals surface area contributed by atoms with Gasteiger partial charge in [0, 0.05) is 40.4 Å². The van der Waals surface area contributed by atoms with E-state index < -0.39 is 71.7 Å². The van der Waals surface area contributed by atoms with Gasteiger partial charge in [0.2, 0.25) is 35.4 Å². The number of aromatic hydroxyl groups is 1. The van der Waals surface area contributed by atoms with Gasteiger partial charge in [0.1, 0.15) is 47.8 Å². The highest BCUT2D eigenvalue weighted by Crippen LogP contribution is 2.33. The molecule has 3 aromatic carbocycles. The molecule has 4 N–H and O–H groups in total. The molecule has 6 unspecified atom stereocenters. The quantitative estimate of drug-likeness (QED) is 0.308. The number of hydrogen-bond acceptors (Lipinski definition) is 9. The van der Waals surface area contributed by atoms with Crippen LogP contribution in [0.5, 0.6) is 23.0 Å². The standard InChI is InChI=1S/C41H50N6O9/c1-8-30-40(53)45(4)31(19-25-9-14-28(55-7)15-10-25)38(51)43-24(3)39(52)47(6)33-20-26-11-16-29(17-12-26)56-35-22-27(13-18-34(35)48)21-32(46(5)41(33)54)37(50)42-23(2)36(49)44-30/h9-18,22-24,30-33,48H,8,19-21H2,1-7H3,(H,42,50)(H,43,51)(H,44,49). The van der Waals surface area contributed by atoms with Gasteiger partial charge in [0.05, 0.1) is 7.11 Å². The molecule has 3 aliphatic rings. The lowest BCUT2D eigenvalue weighted by Gasteiger charge is -2.37. The van der Waals surface area contributed by atoms with Crippen LogP contribution in [0.4, 0.5) is 0 Å². The second kappa shape index (κ2) is 17.6. The van der Waals surface area contributed by atoms with Crippen LogP contribution in [0, 0.1) is 0 Å². The molecule has 1 fully saturated rings. The third-order valence-corrected chi connectivity index (χ3v) is 10.5. The zero-order chi connectivity index (χ0) is 40.8. The SMILES string of the molecule is CCC1NC(=O)C(C)NC(=O)C2Cc3ccc(O)c(c3)Oc3ccc(cc3)CC(C(=O)N2C)N(C)C(=O)C(C)NC(=O)C(Cc2ccc(OC)cc2)N(C)C1=O. The Labute approximate surface area is 326 Å². The van der Waals surface area contributed by atoms with Crippen LogP contribution >= 0.6 is 0 Å². The Balaban J connectivity index is 1.58. The highest BCUT2D eigenvalue weighted by atomic mass is 16.5. The molecule has 6 atom stereocenters. The average molecular weight is 771 g/mol. The predicted octanol–water partition coefficient (Wildman–Crippen LogP) is 1.93. The Morgan fingerprint density at radius 2 is 1.30 bits per heavy atom. The predicted molar refractivity (Wildman–Crippen MR) is 206 cm³/mol. The van der Waals surface area contributed by atoms with Gasteiger partial charge in [-0.05, 0) is 73.4 Å². The molecule has 0 aliphatic carbocycles. The van der Waals surface area contributed by atoms with Crippen molar-refractivity contribution in [1.82, 2.24) is 30.7 Å². The number of carbonyl (C=O) groups excluding carboxylic acids is 6. The number of fused-ring (bicyclic) bond motifs is 2. The van der Waals surface area contributed by atoms with Gasteiger partial charge in [-0.1, -0.05) is 37.3 Å². The summed E-state index contributed by atoms with van der Waals surface area (Å²) in [4.78, 5) is 88.5. The summed E-state index contributed by atoms with van der Waals surface area (Å²) in [6.07, 6.45) is 0.220. The minimum absolute atomic E-state index is 0.0335. The zero-order valence-electron chi connectivity index (χ0n) is 32.7. The van der Waals surface area contributed by atoms with E-state index in [1.165, 1.54) is 62.9 Å². The van der Waals surface area contributed by atoms with Crippen LogP contribution in [0.2, 0.25) is 0 Å². The van der Waals surface area contributed by atoms with Gasteiger partial charge in [-0.3, -0.25) is 28.8 Å². The van der Waals surface area contributed by atoms with Crippen molar-refractivity contribution in [3.63, 3.8) is 0 Å². The van der Waals surface area contributed by atoms with Crippen molar-refractivity contribution >= 4 is 35.4 Å². The van der Waals surface area contributed by atoms with Crippen LogP contribution in [0.3, 0.4) is 0 Å². The number of benzene rings is 3. The average Bonchev–Trinajstić information content (AvgIpc) is 3.19. The summed E-state index contributed by atoms with van der Waals surface area (Å²) in [6, 6.07) is 11.6. The molecule has 298 valence electrons. The molecule has 0 radical (unpaired) electrons.